The number of halogens is 4. The van der Waals surface area contributed by atoms with Crippen LogP contribution in [-0.2, 0) is 11.2 Å². The number of amides is 1. The third kappa shape index (κ3) is 5.93. The number of tetrazole rings is 1. The maximum absolute atomic E-state index is 14.1. The monoisotopic (exact) mass is 453 g/mol. The molecule has 0 saturated heterocycles. The van der Waals surface area contributed by atoms with Gasteiger partial charge in [0, 0.05) is 6.42 Å². The summed E-state index contributed by atoms with van der Waals surface area (Å²) in [6.45, 7) is 0.231. The van der Waals surface area contributed by atoms with E-state index in [-0.39, 0.29) is 30.0 Å². The number of carbonyl (C=O) groups excluding carboxylic acids is 1. The van der Waals surface area contributed by atoms with Crippen LogP contribution in [-0.4, -0.2) is 46.0 Å². The summed E-state index contributed by atoms with van der Waals surface area (Å²) in [5.41, 5.74) is 1.08. The zero-order valence-electron chi connectivity index (χ0n) is 17.1. The SMILES string of the molecule is COc1cc(CCC(=O)Nc2cc(-n3nnnc3C)ccc2F)ccc1OCC(F)(F)F. The molecule has 1 heterocycles. The predicted molar refractivity (Wildman–Crippen MR) is 105 cm³/mol. The van der Waals surface area contributed by atoms with E-state index >= 15 is 0 Å². The highest BCUT2D eigenvalue weighted by molar-refractivity contribution is 5.91. The number of aryl methyl sites for hydroxylation is 2. The minimum Gasteiger partial charge on any atom is -0.493 e. The number of rotatable bonds is 8. The summed E-state index contributed by atoms with van der Waals surface area (Å²) in [5, 5.41) is 13.6. The van der Waals surface area contributed by atoms with Crippen LogP contribution in [0, 0.1) is 12.7 Å². The van der Waals surface area contributed by atoms with Gasteiger partial charge < -0.3 is 14.8 Å². The minimum absolute atomic E-state index is 0.000510. The second-order valence-electron chi connectivity index (χ2n) is 6.74. The van der Waals surface area contributed by atoms with Crippen LogP contribution in [0.4, 0.5) is 23.2 Å². The summed E-state index contributed by atoms with van der Waals surface area (Å²) in [7, 11) is 1.30. The molecule has 0 saturated carbocycles. The van der Waals surface area contributed by atoms with Crippen molar-refractivity contribution in [2.45, 2.75) is 25.9 Å². The fraction of sp³-hybridized carbons (Fsp3) is 0.300. The molecule has 3 aromatic rings. The molecule has 0 atom stereocenters. The largest absolute Gasteiger partial charge is 0.493 e. The van der Waals surface area contributed by atoms with Crippen molar-refractivity contribution in [3.8, 4) is 17.2 Å². The average Bonchev–Trinajstić information content (AvgIpc) is 3.17. The van der Waals surface area contributed by atoms with Crippen molar-refractivity contribution in [3.63, 3.8) is 0 Å². The van der Waals surface area contributed by atoms with Gasteiger partial charge in [-0.2, -0.15) is 17.9 Å². The van der Waals surface area contributed by atoms with E-state index in [1.165, 1.54) is 48.2 Å². The zero-order valence-corrected chi connectivity index (χ0v) is 17.1. The molecule has 0 bridgehead atoms. The zero-order chi connectivity index (χ0) is 23.3. The van der Waals surface area contributed by atoms with E-state index in [4.69, 9.17) is 9.47 Å². The molecule has 0 aliphatic rings. The minimum atomic E-state index is -4.47. The van der Waals surface area contributed by atoms with Crippen LogP contribution in [0.3, 0.4) is 0 Å². The molecule has 1 aromatic heterocycles. The van der Waals surface area contributed by atoms with Crippen molar-refractivity contribution in [1.82, 2.24) is 20.2 Å². The number of nitrogens with one attached hydrogen (secondary N) is 1. The van der Waals surface area contributed by atoms with Gasteiger partial charge in [-0.15, -0.1) is 5.10 Å². The molecular formula is C20H19F4N5O3. The molecule has 0 fully saturated rings. The first-order chi connectivity index (χ1) is 15.2. The van der Waals surface area contributed by atoms with Gasteiger partial charge in [0.15, 0.2) is 23.9 Å². The molecule has 0 unspecified atom stereocenters. The number of carbonyl (C=O) groups is 1. The summed E-state index contributed by atoms with van der Waals surface area (Å²) >= 11 is 0. The quantitative estimate of drug-likeness (QED) is 0.524. The molecular weight excluding hydrogens is 434 g/mol. The van der Waals surface area contributed by atoms with Gasteiger partial charge in [0.2, 0.25) is 5.91 Å². The summed E-state index contributed by atoms with van der Waals surface area (Å²) in [6, 6.07) is 8.44. The Balaban J connectivity index is 1.63. The van der Waals surface area contributed by atoms with E-state index in [9.17, 15) is 22.4 Å². The van der Waals surface area contributed by atoms with Crippen LogP contribution in [0.1, 0.15) is 17.8 Å². The number of anilines is 1. The lowest BCUT2D eigenvalue weighted by molar-refractivity contribution is -0.153. The Morgan fingerprint density at radius 2 is 1.94 bits per heavy atom. The lowest BCUT2D eigenvalue weighted by atomic mass is 10.1. The van der Waals surface area contributed by atoms with Crippen molar-refractivity contribution in [2.75, 3.05) is 19.0 Å². The third-order valence-electron chi connectivity index (χ3n) is 4.35. The Hall–Kier alpha value is -3.70. The second kappa shape index (κ2) is 9.62. The van der Waals surface area contributed by atoms with Gasteiger partial charge >= 0.3 is 6.18 Å². The van der Waals surface area contributed by atoms with Crippen LogP contribution in [0.5, 0.6) is 11.5 Å². The van der Waals surface area contributed by atoms with Gasteiger partial charge in [0.05, 0.1) is 18.5 Å². The molecule has 32 heavy (non-hydrogen) atoms. The summed E-state index contributed by atoms with van der Waals surface area (Å²) in [5.74, 6) is -0.533. The van der Waals surface area contributed by atoms with Gasteiger partial charge in [0.25, 0.3) is 0 Å². The molecule has 2 aromatic carbocycles. The Kier molecular flexibility index (Phi) is 6.91. The molecule has 170 valence electrons. The Bertz CT molecular complexity index is 1100. The molecule has 12 heteroatoms. The highest BCUT2D eigenvalue weighted by Gasteiger charge is 2.29. The van der Waals surface area contributed by atoms with Gasteiger partial charge in [-0.3, -0.25) is 4.79 Å². The normalized spacial score (nSPS) is 11.3. The van der Waals surface area contributed by atoms with Crippen LogP contribution < -0.4 is 14.8 Å². The van der Waals surface area contributed by atoms with E-state index in [0.29, 0.717) is 17.1 Å². The molecule has 1 amide bonds. The Morgan fingerprint density at radius 1 is 1.16 bits per heavy atom. The van der Waals surface area contributed by atoms with E-state index in [0.717, 1.165) is 0 Å². The number of hydrogen-bond donors (Lipinski definition) is 1. The third-order valence-corrected chi connectivity index (χ3v) is 4.35. The van der Waals surface area contributed by atoms with Crippen LogP contribution in [0.15, 0.2) is 36.4 Å². The predicted octanol–water partition coefficient (Wildman–Crippen LogP) is 3.63. The summed E-state index contributed by atoms with van der Waals surface area (Å²) in [4.78, 5) is 12.3. The van der Waals surface area contributed by atoms with Gasteiger partial charge in [0.1, 0.15) is 5.82 Å². The van der Waals surface area contributed by atoms with Gasteiger partial charge in [-0.1, -0.05) is 6.07 Å². The summed E-state index contributed by atoms with van der Waals surface area (Å²) in [6.07, 6.45) is -4.23. The number of hydrogen-bond acceptors (Lipinski definition) is 6. The van der Waals surface area contributed by atoms with E-state index in [1.807, 2.05) is 0 Å². The van der Waals surface area contributed by atoms with Crippen molar-refractivity contribution in [2.24, 2.45) is 0 Å². The Labute approximate surface area is 180 Å². The number of methoxy groups -OCH3 is 1. The van der Waals surface area contributed by atoms with E-state index < -0.39 is 24.5 Å². The molecule has 0 aliphatic carbocycles. The maximum Gasteiger partial charge on any atom is 0.422 e. The first-order valence-corrected chi connectivity index (χ1v) is 9.37. The lowest BCUT2D eigenvalue weighted by Crippen LogP contribution is -2.19. The number of nitrogens with zero attached hydrogens (tertiary/aromatic N) is 4. The highest BCUT2D eigenvalue weighted by Crippen LogP contribution is 2.30. The van der Waals surface area contributed by atoms with Gasteiger partial charge in [-0.05, 0) is 59.7 Å². The van der Waals surface area contributed by atoms with Crippen LogP contribution >= 0.6 is 0 Å². The van der Waals surface area contributed by atoms with Gasteiger partial charge in [-0.25, -0.2) is 4.39 Å². The van der Waals surface area contributed by atoms with Crippen molar-refractivity contribution >= 4 is 11.6 Å². The highest BCUT2D eigenvalue weighted by atomic mass is 19.4. The van der Waals surface area contributed by atoms with Crippen LogP contribution in [0.25, 0.3) is 5.69 Å². The lowest BCUT2D eigenvalue weighted by Gasteiger charge is -2.13. The molecule has 1 N–H and O–H groups in total. The Morgan fingerprint density at radius 3 is 2.59 bits per heavy atom. The molecule has 0 radical (unpaired) electrons. The number of alkyl halides is 3. The van der Waals surface area contributed by atoms with E-state index in [2.05, 4.69) is 20.8 Å². The topological polar surface area (TPSA) is 91.2 Å². The summed E-state index contributed by atoms with van der Waals surface area (Å²) < 4.78 is 62.4. The second-order valence-corrected chi connectivity index (χ2v) is 6.74. The smallest absolute Gasteiger partial charge is 0.422 e. The van der Waals surface area contributed by atoms with Crippen molar-refractivity contribution < 1.29 is 31.8 Å². The molecule has 3 rings (SSSR count). The molecule has 8 nitrogen and oxygen atoms in total. The van der Waals surface area contributed by atoms with Crippen LogP contribution in [0.2, 0.25) is 0 Å². The first-order valence-electron chi connectivity index (χ1n) is 9.37. The fourth-order valence-corrected chi connectivity index (χ4v) is 2.83. The maximum atomic E-state index is 14.1. The first kappa shape index (κ1) is 23.0. The fourth-order valence-electron chi connectivity index (χ4n) is 2.83. The van der Waals surface area contributed by atoms with Crippen molar-refractivity contribution in [3.05, 3.63) is 53.6 Å². The van der Waals surface area contributed by atoms with E-state index in [1.54, 1.807) is 6.92 Å². The average molecular weight is 453 g/mol. The molecule has 0 aliphatic heterocycles. The molecule has 0 spiro atoms. The number of ether oxygens (including phenoxy) is 2. The number of benzene rings is 2. The number of aromatic nitrogens is 4. The standard InChI is InChI=1S/C20H19F4N5O3/c1-12-26-27-28-29(12)14-5-6-15(21)16(10-14)25-19(30)8-4-13-3-7-17(18(9-13)31-2)32-11-20(22,23)24/h3,5-7,9-10H,4,8,11H2,1-2H3,(H,25,30). The van der Waals surface area contributed by atoms with Crippen molar-refractivity contribution in [1.29, 1.82) is 0 Å².